The number of rotatable bonds is 8. The SMILES string of the molecule is CCCCOc1ccc(C(=O)Nc2ccc(N3CC[C@H](N(C)C(=O)OC(C)(C)C)C3)cc2C(F)(F)F)cc1. The average molecular weight is 536 g/mol. The molecule has 0 saturated carbocycles. The van der Waals surface area contributed by atoms with Crippen LogP contribution >= 0.6 is 0 Å². The summed E-state index contributed by atoms with van der Waals surface area (Å²) in [4.78, 5) is 28.4. The number of anilines is 2. The molecule has 3 rings (SSSR count). The van der Waals surface area contributed by atoms with Crippen LogP contribution in [0.2, 0.25) is 0 Å². The number of ether oxygens (including phenoxy) is 2. The van der Waals surface area contributed by atoms with Crippen molar-refractivity contribution in [3.63, 3.8) is 0 Å². The highest BCUT2D eigenvalue weighted by Gasteiger charge is 2.36. The molecule has 1 aliphatic heterocycles. The van der Waals surface area contributed by atoms with E-state index in [2.05, 4.69) is 5.32 Å². The summed E-state index contributed by atoms with van der Waals surface area (Å²) in [7, 11) is 1.63. The number of nitrogens with zero attached hydrogens (tertiary/aromatic N) is 2. The van der Waals surface area contributed by atoms with Crippen molar-refractivity contribution in [2.45, 2.75) is 64.8 Å². The number of alkyl halides is 3. The summed E-state index contributed by atoms with van der Waals surface area (Å²) >= 11 is 0. The Bertz CT molecular complexity index is 1110. The van der Waals surface area contributed by atoms with Crippen molar-refractivity contribution >= 4 is 23.4 Å². The van der Waals surface area contributed by atoms with Crippen LogP contribution in [0.1, 0.15) is 62.9 Å². The molecule has 0 aliphatic carbocycles. The number of amides is 2. The number of hydrogen-bond acceptors (Lipinski definition) is 5. The first kappa shape index (κ1) is 29.1. The molecule has 0 aromatic heterocycles. The van der Waals surface area contributed by atoms with Gasteiger partial charge in [-0.15, -0.1) is 0 Å². The Morgan fingerprint density at radius 2 is 1.79 bits per heavy atom. The van der Waals surface area contributed by atoms with Gasteiger partial charge in [-0.1, -0.05) is 13.3 Å². The van der Waals surface area contributed by atoms with Gasteiger partial charge in [0, 0.05) is 31.4 Å². The van der Waals surface area contributed by atoms with Crippen LogP contribution in [0.4, 0.5) is 29.3 Å². The molecule has 10 heteroatoms. The molecule has 2 aromatic rings. The van der Waals surface area contributed by atoms with Gasteiger partial charge in [0.2, 0.25) is 0 Å². The standard InChI is InChI=1S/C28H36F3N3O4/c1-6-7-16-37-22-11-8-19(9-12-22)25(35)32-24-13-10-20(17-23(24)28(29,30)31)34-15-14-21(18-34)33(5)26(36)38-27(2,3)4/h8-13,17,21H,6-7,14-16,18H2,1-5H3,(H,32,35)/t21-/m0/s1. The van der Waals surface area contributed by atoms with Gasteiger partial charge in [-0.3, -0.25) is 4.79 Å². The van der Waals surface area contributed by atoms with E-state index >= 15 is 0 Å². The predicted molar refractivity (Wildman–Crippen MR) is 141 cm³/mol. The molecular formula is C28H36F3N3O4. The Morgan fingerprint density at radius 3 is 2.39 bits per heavy atom. The molecule has 1 atom stereocenters. The summed E-state index contributed by atoms with van der Waals surface area (Å²) in [5.41, 5.74) is -1.32. The van der Waals surface area contributed by atoms with Crippen LogP contribution in [0.3, 0.4) is 0 Å². The van der Waals surface area contributed by atoms with Crippen molar-refractivity contribution in [3.8, 4) is 5.75 Å². The maximum absolute atomic E-state index is 14.0. The van der Waals surface area contributed by atoms with Gasteiger partial charge in [0.05, 0.1) is 23.9 Å². The lowest BCUT2D eigenvalue weighted by Gasteiger charge is -2.29. The van der Waals surface area contributed by atoms with Gasteiger partial charge in [0.25, 0.3) is 5.91 Å². The number of benzene rings is 2. The normalized spacial score (nSPS) is 15.8. The van der Waals surface area contributed by atoms with Gasteiger partial charge >= 0.3 is 12.3 Å². The van der Waals surface area contributed by atoms with Gasteiger partial charge in [-0.25, -0.2) is 4.79 Å². The molecule has 38 heavy (non-hydrogen) atoms. The van der Waals surface area contributed by atoms with Crippen molar-refractivity contribution < 1.29 is 32.2 Å². The van der Waals surface area contributed by atoms with Crippen LogP contribution in [-0.2, 0) is 10.9 Å². The van der Waals surface area contributed by atoms with Crippen molar-refractivity contribution in [1.29, 1.82) is 0 Å². The van der Waals surface area contributed by atoms with Gasteiger partial charge < -0.3 is 24.6 Å². The van der Waals surface area contributed by atoms with E-state index in [1.54, 1.807) is 50.9 Å². The molecule has 2 aromatic carbocycles. The third kappa shape index (κ3) is 7.79. The monoisotopic (exact) mass is 535 g/mol. The zero-order chi connectivity index (χ0) is 28.1. The highest BCUT2D eigenvalue weighted by atomic mass is 19.4. The first-order valence-electron chi connectivity index (χ1n) is 12.7. The van der Waals surface area contributed by atoms with Crippen LogP contribution in [0.15, 0.2) is 42.5 Å². The molecule has 7 nitrogen and oxygen atoms in total. The minimum Gasteiger partial charge on any atom is -0.494 e. The van der Waals surface area contributed by atoms with Gasteiger partial charge in [-0.05, 0) is 76.1 Å². The second-order valence-corrected chi connectivity index (χ2v) is 10.4. The molecule has 1 aliphatic rings. The van der Waals surface area contributed by atoms with E-state index < -0.39 is 29.3 Å². The summed E-state index contributed by atoms with van der Waals surface area (Å²) in [6.45, 7) is 8.77. The number of unbranched alkanes of at least 4 members (excludes halogenated alkanes) is 1. The fourth-order valence-corrected chi connectivity index (χ4v) is 4.08. The molecule has 1 N–H and O–H groups in total. The first-order valence-corrected chi connectivity index (χ1v) is 12.7. The lowest BCUT2D eigenvalue weighted by Crippen LogP contribution is -2.42. The van der Waals surface area contributed by atoms with Crippen LogP contribution in [0.25, 0.3) is 0 Å². The van der Waals surface area contributed by atoms with E-state index in [0.717, 1.165) is 18.9 Å². The van der Waals surface area contributed by atoms with E-state index in [1.807, 2.05) is 6.92 Å². The molecule has 2 amide bonds. The van der Waals surface area contributed by atoms with Gasteiger partial charge in [-0.2, -0.15) is 13.2 Å². The van der Waals surface area contributed by atoms with Gasteiger partial charge in [0.15, 0.2) is 0 Å². The Hall–Kier alpha value is -3.43. The lowest BCUT2D eigenvalue weighted by molar-refractivity contribution is -0.136. The molecule has 0 radical (unpaired) electrons. The summed E-state index contributed by atoms with van der Waals surface area (Å²) in [5, 5.41) is 2.40. The minimum atomic E-state index is -4.68. The summed E-state index contributed by atoms with van der Waals surface area (Å²) in [6, 6.07) is 9.93. The van der Waals surface area contributed by atoms with Crippen LogP contribution in [0.5, 0.6) is 5.75 Å². The molecular weight excluding hydrogens is 499 g/mol. The van der Waals surface area contributed by atoms with Crippen molar-refractivity contribution in [2.75, 3.05) is 37.0 Å². The zero-order valence-electron chi connectivity index (χ0n) is 22.5. The molecule has 1 fully saturated rings. The number of hydrogen-bond donors (Lipinski definition) is 1. The van der Waals surface area contributed by atoms with Crippen LogP contribution < -0.4 is 15.0 Å². The molecule has 0 spiro atoms. The Labute approximate surface area is 221 Å². The van der Waals surface area contributed by atoms with Crippen LogP contribution in [0, 0.1) is 0 Å². The second-order valence-electron chi connectivity index (χ2n) is 10.4. The van der Waals surface area contributed by atoms with Crippen molar-refractivity contribution in [2.24, 2.45) is 0 Å². The fourth-order valence-electron chi connectivity index (χ4n) is 4.08. The zero-order valence-corrected chi connectivity index (χ0v) is 22.5. The van der Waals surface area contributed by atoms with E-state index in [1.165, 1.54) is 23.1 Å². The topological polar surface area (TPSA) is 71.1 Å². The smallest absolute Gasteiger partial charge is 0.418 e. The largest absolute Gasteiger partial charge is 0.494 e. The first-order chi connectivity index (χ1) is 17.8. The lowest BCUT2D eigenvalue weighted by atomic mass is 10.1. The molecule has 0 bridgehead atoms. The highest BCUT2D eigenvalue weighted by Crippen LogP contribution is 2.38. The Morgan fingerprint density at radius 1 is 1.11 bits per heavy atom. The Balaban J connectivity index is 1.71. The molecule has 1 saturated heterocycles. The fraction of sp³-hybridized carbons (Fsp3) is 0.500. The summed E-state index contributed by atoms with van der Waals surface area (Å²) in [6.07, 6.45) is -2.67. The molecule has 1 heterocycles. The van der Waals surface area contributed by atoms with Crippen molar-refractivity contribution in [3.05, 3.63) is 53.6 Å². The van der Waals surface area contributed by atoms with Gasteiger partial charge in [0.1, 0.15) is 11.4 Å². The highest BCUT2D eigenvalue weighted by molar-refractivity contribution is 6.04. The molecule has 0 unspecified atom stereocenters. The maximum Gasteiger partial charge on any atom is 0.418 e. The molecule has 208 valence electrons. The minimum absolute atomic E-state index is 0.201. The summed E-state index contributed by atoms with van der Waals surface area (Å²) in [5.74, 6) is -0.0554. The second kappa shape index (κ2) is 12.0. The van der Waals surface area contributed by atoms with E-state index in [9.17, 15) is 22.8 Å². The third-order valence-corrected chi connectivity index (χ3v) is 6.20. The van der Waals surface area contributed by atoms with Crippen molar-refractivity contribution in [1.82, 2.24) is 4.90 Å². The number of carbonyl (C=O) groups is 2. The van der Waals surface area contributed by atoms with E-state index in [4.69, 9.17) is 9.47 Å². The number of likely N-dealkylation sites (N-methyl/N-ethyl adjacent to an activating group) is 1. The number of halogens is 3. The average Bonchev–Trinajstić information content (AvgIpc) is 3.33. The number of nitrogens with one attached hydrogen (secondary N) is 1. The Kier molecular flexibility index (Phi) is 9.17. The third-order valence-electron chi connectivity index (χ3n) is 6.20. The predicted octanol–water partition coefficient (Wildman–Crippen LogP) is 6.58. The van der Waals surface area contributed by atoms with Crippen LogP contribution in [-0.4, -0.2) is 55.3 Å². The maximum atomic E-state index is 14.0. The summed E-state index contributed by atoms with van der Waals surface area (Å²) < 4.78 is 52.9. The van der Waals surface area contributed by atoms with E-state index in [-0.39, 0.29) is 17.3 Å². The van der Waals surface area contributed by atoms with E-state index in [0.29, 0.717) is 37.6 Å². The quantitative estimate of drug-likeness (QED) is 0.387. The number of carbonyl (C=O) groups excluding carboxylic acids is 2.